The van der Waals surface area contributed by atoms with Crippen molar-refractivity contribution in [2.45, 2.75) is 56.1 Å². The number of carboxylic acids is 1. The summed E-state index contributed by atoms with van der Waals surface area (Å²) < 4.78 is 96.2. The van der Waals surface area contributed by atoms with E-state index < -0.39 is 49.3 Å². The largest absolute Gasteiger partial charge is 0.542 e. The van der Waals surface area contributed by atoms with Crippen molar-refractivity contribution in [1.29, 1.82) is 0 Å². The van der Waals surface area contributed by atoms with Crippen LogP contribution in [-0.2, 0) is 25.6 Å². The van der Waals surface area contributed by atoms with Gasteiger partial charge in [0.15, 0.2) is 16.0 Å². The number of aromatic amines is 1. The van der Waals surface area contributed by atoms with Gasteiger partial charge in [0.1, 0.15) is 5.97 Å². The average molecular weight is 634 g/mol. The SMILES string of the molecule is C.CC(C)([C@H]1CCN(c2ccc(-c3cnc[nH+]c3)cc2)C(=O)C1)S(=O)(=O)c1cccc(C(F)(F)F)c1.O=C([O-])C(F)(F)F. The Bertz CT molecular complexity index is 1530. The van der Waals surface area contributed by atoms with Gasteiger partial charge in [0, 0.05) is 18.7 Å². The molecule has 1 atom stereocenters. The maximum atomic E-state index is 13.4. The van der Waals surface area contributed by atoms with Crippen LogP contribution in [0.4, 0.5) is 32.0 Å². The third kappa shape index (κ3) is 8.09. The zero-order chi connectivity index (χ0) is 31.5. The predicted molar refractivity (Wildman–Crippen MR) is 142 cm³/mol. The Labute approximate surface area is 244 Å². The van der Waals surface area contributed by atoms with E-state index in [1.165, 1.54) is 19.9 Å². The minimum absolute atomic E-state index is 0. The highest BCUT2D eigenvalue weighted by molar-refractivity contribution is 7.92. The van der Waals surface area contributed by atoms with Gasteiger partial charge in [0.2, 0.25) is 5.91 Å². The van der Waals surface area contributed by atoms with Gasteiger partial charge < -0.3 is 14.8 Å². The highest BCUT2D eigenvalue weighted by Crippen LogP contribution is 2.40. The van der Waals surface area contributed by atoms with Gasteiger partial charge in [-0.05, 0) is 62.1 Å². The van der Waals surface area contributed by atoms with Crippen LogP contribution in [0.5, 0.6) is 0 Å². The summed E-state index contributed by atoms with van der Waals surface area (Å²) in [7, 11) is -4.14. The highest BCUT2D eigenvalue weighted by atomic mass is 32.2. The molecule has 0 bridgehead atoms. The molecule has 2 aromatic carbocycles. The van der Waals surface area contributed by atoms with Crippen LogP contribution in [-0.4, -0.2) is 42.7 Å². The van der Waals surface area contributed by atoms with Gasteiger partial charge in [-0.15, -0.1) is 0 Å². The summed E-state index contributed by atoms with van der Waals surface area (Å²) in [5.41, 5.74) is 1.50. The Morgan fingerprint density at radius 2 is 1.63 bits per heavy atom. The fraction of sp³-hybridized carbons (Fsp3) is 0.357. The van der Waals surface area contributed by atoms with Crippen LogP contribution in [0.25, 0.3) is 11.1 Å². The summed E-state index contributed by atoms with van der Waals surface area (Å²) in [5, 5.41) is 8.78. The van der Waals surface area contributed by atoms with E-state index in [1.54, 1.807) is 17.4 Å². The normalized spacial score (nSPS) is 16.0. The quantitative estimate of drug-likeness (QED) is 0.381. The lowest BCUT2D eigenvalue weighted by Crippen LogP contribution is -2.48. The molecule has 4 rings (SSSR count). The summed E-state index contributed by atoms with van der Waals surface area (Å²) in [4.78, 5) is 30.0. The summed E-state index contributed by atoms with van der Waals surface area (Å²) >= 11 is 0. The fourth-order valence-corrected chi connectivity index (χ4v) is 6.17. The van der Waals surface area contributed by atoms with Crippen molar-refractivity contribution in [3.63, 3.8) is 0 Å². The van der Waals surface area contributed by atoms with E-state index in [-0.39, 0.29) is 19.8 Å². The minimum Gasteiger partial charge on any atom is -0.542 e. The zero-order valence-electron chi connectivity index (χ0n) is 22.2. The number of benzene rings is 2. The molecule has 0 radical (unpaired) electrons. The molecule has 1 amide bonds. The number of carboxylic acid groups (broad SMARTS) is 1. The number of rotatable bonds is 5. The molecule has 3 aromatic rings. The summed E-state index contributed by atoms with van der Waals surface area (Å²) in [6.07, 6.45) is -4.38. The number of nitrogens with zero attached hydrogens (tertiary/aromatic N) is 2. The number of hydrogen-bond donors (Lipinski definition) is 0. The van der Waals surface area contributed by atoms with E-state index in [0.717, 1.165) is 23.3 Å². The van der Waals surface area contributed by atoms with Crippen LogP contribution in [0.15, 0.2) is 72.1 Å². The lowest BCUT2D eigenvalue weighted by Gasteiger charge is -2.39. The van der Waals surface area contributed by atoms with Crippen LogP contribution in [0.1, 0.15) is 39.7 Å². The molecule has 1 aromatic heterocycles. The molecule has 43 heavy (non-hydrogen) atoms. The number of piperidine rings is 1. The van der Waals surface area contributed by atoms with E-state index in [4.69, 9.17) is 9.90 Å². The first kappa shape index (κ1) is 35.2. The molecule has 1 aliphatic rings. The van der Waals surface area contributed by atoms with Gasteiger partial charge >= 0.3 is 12.4 Å². The third-order valence-electron chi connectivity index (χ3n) is 6.92. The van der Waals surface area contributed by atoms with Gasteiger partial charge in [-0.25, -0.2) is 13.4 Å². The molecule has 1 saturated heterocycles. The molecular weight excluding hydrogens is 604 g/mol. The maximum Gasteiger partial charge on any atom is 0.430 e. The van der Waals surface area contributed by atoms with Gasteiger partial charge in [-0.2, -0.15) is 26.3 Å². The lowest BCUT2D eigenvalue weighted by atomic mass is 9.85. The molecule has 0 unspecified atom stereocenters. The van der Waals surface area contributed by atoms with Crippen molar-refractivity contribution in [3.05, 3.63) is 72.8 Å². The highest BCUT2D eigenvalue weighted by Gasteiger charge is 2.46. The molecule has 2 heterocycles. The van der Waals surface area contributed by atoms with Crippen LogP contribution in [0, 0.1) is 5.92 Å². The number of carbonyl (C=O) groups is 2. The number of carbonyl (C=O) groups excluding carboxylic acids is 2. The first-order chi connectivity index (χ1) is 19.4. The number of alkyl halides is 6. The lowest BCUT2D eigenvalue weighted by molar-refractivity contribution is -0.382. The maximum absolute atomic E-state index is 13.4. The van der Waals surface area contributed by atoms with Crippen LogP contribution < -0.4 is 15.0 Å². The van der Waals surface area contributed by atoms with Crippen LogP contribution >= 0.6 is 0 Å². The second kappa shape index (κ2) is 13.1. The molecule has 15 heteroatoms. The van der Waals surface area contributed by atoms with E-state index in [0.29, 0.717) is 24.7 Å². The topological polar surface area (TPSA) is 122 Å². The van der Waals surface area contributed by atoms with E-state index in [1.807, 2.05) is 30.5 Å². The van der Waals surface area contributed by atoms with Gasteiger partial charge in [0.05, 0.1) is 27.0 Å². The Morgan fingerprint density at radius 1 is 1.02 bits per heavy atom. The van der Waals surface area contributed by atoms with Crippen molar-refractivity contribution in [3.8, 4) is 11.1 Å². The van der Waals surface area contributed by atoms with Crippen molar-refractivity contribution in [2.75, 3.05) is 11.4 Å². The number of amides is 1. The number of aromatic nitrogens is 2. The second-order valence-corrected chi connectivity index (χ2v) is 12.4. The minimum atomic E-state index is -5.19. The monoisotopic (exact) mass is 633 g/mol. The first-order valence-corrected chi connectivity index (χ1v) is 13.8. The van der Waals surface area contributed by atoms with E-state index in [2.05, 4.69) is 9.97 Å². The number of hydrogen-bond acceptors (Lipinski definition) is 6. The van der Waals surface area contributed by atoms with Crippen molar-refractivity contribution in [1.82, 2.24) is 4.98 Å². The van der Waals surface area contributed by atoms with Crippen molar-refractivity contribution in [2.24, 2.45) is 5.92 Å². The number of anilines is 1. The molecule has 1 N–H and O–H groups in total. The van der Waals surface area contributed by atoms with Gasteiger partial charge in [-0.3, -0.25) is 4.79 Å². The fourth-order valence-electron chi connectivity index (χ4n) is 4.38. The summed E-state index contributed by atoms with van der Waals surface area (Å²) in [6.45, 7) is 3.27. The average Bonchev–Trinajstić information content (AvgIpc) is 2.93. The Hall–Kier alpha value is -4.01. The number of aliphatic carboxylic acids is 1. The standard InChI is InChI=1S/C25H24F3N3O3S.C2HF3O2.CH4/c1-24(2,35(33,34)22-5-3-4-20(12-22)25(26,27)28)19-10-11-31(23(32)13-19)21-8-6-17(7-9-21)18-14-29-16-30-15-18;3-2(4,5)1(6)7;/h3-9,12,14-16,19H,10-11,13H2,1-2H3;(H,6,7);1H4/t19-;;/m0../s1. The zero-order valence-corrected chi connectivity index (χ0v) is 23.0. The van der Waals surface area contributed by atoms with E-state index >= 15 is 0 Å². The van der Waals surface area contributed by atoms with Crippen molar-refractivity contribution < 1.29 is 54.4 Å². The number of nitrogens with one attached hydrogen (secondary N) is 1. The van der Waals surface area contributed by atoms with E-state index in [9.17, 15) is 39.6 Å². The second-order valence-electron chi connectivity index (χ2n) is 9.87. The smallest absolute Gasteiger partial charge is 0.430 e. The molecule has 234 valence electrons. The molecule has 1 fully saturated rings. The third-order valence-corrected chi connectivity index (χ3v) is 9.51. The first-order valence-electron chi connectivity index (χ1n) is 12.3. The molecule has 1 aliphatic heterocycles. The number of halogens is 6. The summed E-state index contributed by atoms with van der Waals surface area (Å²) in [6, 6.07) is 11.2. The molecule has 0 aliphatic carbocycles. The predicted octanol–water partition coefficient (Wildman–Crippen LogP) is 4.51. The Balaban J connectivity index is 0.000000721. The van der Waals surface area contributed by atoms with Crippen LogP contribution in [0.2, 0.25) is 0 Å². The number of sulfone groups is 1. The van der Waals surface area contributed by atoms with Crippen molar-refractivity contribution >= 4 is 27.4 Å². The summed E-state index contributed by atoms with van der Waals surface area (Å²) in [5.74, 6) is -3.78. The Kier molecular flexibility index (Phi) is 10.7. The molecule has 8 nitrogen and oxygen atoms in total. The van der Waals surface area contributed by atoms with Gasteiger partial charge in [-0.1, -0.05) is 30.6 Å². The molecule has 0 spiro atoms. The van der Waals surface area contributed by atoms with Gasteiger partial charge in [0.25, 0.3) is 6.33 Å². The van der Waals surface area contributed by atoms with Crippen LogP contribution in [0.3, 0.4) is 0 Å². The molecular formula is C28H29F6N3O5S. The molecule has 0 saturated carbocycles. The Morgan fingerprint density at radius 3 is 2.12 bits per heavy atom. The number of H-pyrrole nitrogens is 1.